The first-order chi connectivity index (χ1) is 13.1. The number of aromatic nitrogens is 2. The van der Waals surface area contributed by atoms with Gasteiger partial charge in [0.25, 0.3) is 11.7 Å². The molecule has 0 bridgehead atoms. The van der Waals surface area contributed by atoms with Crippen molar-refractivity contribution in [3.05, 3.63) is 58.9 Å². The van der Waals surface area contributed by atoms with Crippen LogP contribution in [0.1, 0.15) is 35.8 Å². The van der Waals surface area contributed by atoms with Gasteiger partial charge in [0.1, 0.15) is 5.65 Å². The Balaban J connectivity index is 2.00. The van der Waals surface area contributed by atoms with Crippen LogP contribution in [0.2, 0.25) is 5.02 Å². The van der Waals surface area contributed by atoms with Crippen LogP contribution in [0.3, 0.4) is 0 Å². The summed E-state index contributed by atoms with van der Waals surface area (Å²) in [5.41, 5.74) is -1.23. The number of nitrogens with zero attached hydrogens (tertiary/aromatic N) is 2. The fourth-order valence-electron chi connectivity index (χ4n) is 2.84. The summed E-state index contributed by atoms with van der Waals surface area (Å²) in [6.45, 7) is 3.75. The molecule has 1 N–H and O–H groups in total. The Morgan fingerprint density at radius 3 is 2.54 bits per heavy atom. The highest BCUT2D eigenvalue weighted by atomic mass is 35.5. The van der Waals surface area contributed by atoms with Crippen LogP contribution in [0.4, 0.5) is 18.9 Å². The maximum Gasteiger partial charge on any atom is 0.418 e. The molecule has 0 atom stereocenters. The number of pyridine rings is 1. The molecular formula is C19H15ClF3N3O2. The van der Waals surface area contributed by atoms with Crippen LogP contribution >= 0.6 is 11.6 Å². The highest BCUT2D eigenvalue weighted by molar-refractivity contribution is 6.49. The number of hydrogen-bond donors (Lipinski definition) is 1. The van der Waals surface area contributed by atoms with Crippen LogP contribution in [0, 0.1) is 0 Å². The summed E-state index contributed by atoms with van der Waals surface area (Å²) in [7, 11) is 0. The van der Waals surface area contributed by atoms with Crippen LogP contribution in [0.5, 0.6) is 0 Å². The van der Waals surface area contributed by atoms with E-state index in [1.165, 1.54) is 12.3 Å². The Morgan fingerprint density at radius 2 is 1.89 bits per heavy atom. The van der Waals surface area contributed by atoms with Gasteiger partial charge < -0.3 is 9.88 Å². The largest absolute Gasteiger partial charge is 0.418 e. The van der Waals surface area contributed by atoms with Gasteiger partial charge >= 0.3 is 6.18 Å². The molecule has 0 spiro atoms. The summed E-state index contributed by atoms with van der Waals surface area (Å²) in [6, 6.07) is 6.29. The number of carbonyl (C=O) groups is 2. The summed E-state index contributed by atoms with van der Waals surface area (Å²) >= 11 is 5.83. The highest BCUT2D eigenvalue weighted by Crippen LogP contribution is 2.38. The van der Waals surface area contributed by atoms with Crippen molar-refractivity contribution >= 4 is 40.0 Å². The normalized spacial score (nSPS) is 11.8. The first-order valence-corrected chi connectivity index (χ1v) is 8.66. The number of amides is 1. The van der Waals surface area contributed by atoms with Crippen LogP contribution < -0.4 is 5.32 Å². The number of para-hydroxylation sites is 1. The van der Waals surface area contributed by atoms with Crippen molar-refractivity contribution in [2.24, 2.45) is 0 Å². The van der Waals surface area contributed by atoms with Crippen molar-refractivity contribution < 1.29 is 22.8 Å². The molecule has 0 unspecified atom stereocenters. The maximum atomic E-state index is 13.2. The van der Waals surface area contributed by atoms with Gasteiger partial charge in [-0.25, -0.2) is 4.98 Å². The molecule has 1 aromatic carbocycles. The smallest absolute Gasteiger partial charge is 0.329 e. The summed E-state index contributed by atoms with van der Waals surface area (Å²) < 4.78 is 41.3. The van der Waals surface area contributed by atoms with Crippen molar-refractivity contribution in [2.45, 2.75) is 26.1 Å². The van der Waals surface area contributed by atoms with Gasteiger partial charge in [0, 0.05) is 23.8 Å². The number of hydrogen-bond acceptors (Lipinski definition) is 3. The molecular weight excluding hydrogens is 395 g/mol. The Hall–Kier alpha value is -2.87. The lowest BCUT2D eigenvalue weighted by molar-refractivity contribution is -0.137. The molecule has 0 radical (unpaired) electrons. The fraction of sp³-hybridized carbons (Fsp3) is 0.211. The number of carbonyl (C=O) groups excluding carboxylic acids is 2. The van der Waals surface area contributed by atoms with Crippen molar-refractivity contribution in [2.75, 3.05) is 5.32 Å². The van der Waals surface area contributed by atoms with Gasteiger partial charge in [-0.3, -0.25) is 9.59 Å². The summed E-state index contributed by atoms with van der Waals surface area (Å²) in [5, 5.41) is 2.14. The SMILES string of the molecule is CC(C)n1cc(C(=O)C(=O)Nc2c(Cl)cccc2C(F)(F)F)c2cccnc21. The lowest BCUT2D eigenvalue weighted by atomic mass is 10.1. The van der Waals surface area contributed by atoms with E-state index >= 15 is 0 Å². The topological polar surface area (TPSA) is 64.0 Å². The Morgan fingerprint density at radius 1 is 1.18 bits per heavy atom. The predicted octanol–water partition coefficient (Wildman–Crippen LogP) is 5.11. The average molecular weight is 410 g/mol. The molecule has 28 heavy (non-hydrogen) atoms. The van der Waals surface area contributed by atoms with Gasteiger partial charge in [0.2, 0.25) is 0 Å². The van der Waals surface area contributed by atoms with Crippen molar-refractivity contribution in [1.29, 1.82) is 0 Å². The number of benzene rings is 1. The molecule has 0 aliphatic carbocycles. The minimum Gasteiger partial charge on any atom is -0.329 e. The molecule has 0 fully saturated rings. The molecule has 2 aromatic heterocycles. The average Bonchev–Trinajstić information content (AvgIpc) is 3.01. The number of halogens is 4. The van der Waals surface area contributed by atoms with Gasteiger partial charge in [-0.1, -0.05) is 17.7 Å². The second-order valence-corrected chi connectivity index (χ2v) is 6.77. The molecule has 146 valence electrons. The third-order valence-electron chi connectivity index (χ3n) is 4.15. The third kappa shape index (κ3) is 3.60. The number of rotatable bonds is 4. The third-order valence-corrected chi connectivity index (χ3v) is 4.47. The standard InChI is InChI=1S/C19H15ClF3N3O2/c1-10(2)26-9-12(11-5-4-8-24-17(11)26)16(27)18(28)25-15-13(19(21,22)23)6-3-7-14(15)20/h3-10H,1-2H3,(H,25,28). The molecule has 0 saturated carbocycles. The highest BCUT2D eigenvalue weighted by Gasteiger charge is 2.35. The zero-order valence-electron chi connectivity index (χ0n) is 14.8. The van der Waals surface area contributed by atoms with E-state index in [2.05, 4.69) is 4.98 Å². The van der Waals surface area contributed by atoms with E-state index in [0.717, 1.165) is 12.1 Å². The van der Waals surface area contributed by atoms with Crippen molar-refractivity contribution in [3.63, 3.8) is 0 Å². The van der Waals surface area contributed by atoms with E-state index in [-0.39, 0.29) is 16.6 Å². The van der Waals surface area contributed by atoms with E-state index in [1.807, 2.05) is 19.2 Å². The van der Waals surface area contributed by atoms with Gasteiger partial charge in [0.05, 0.1) is 21.8 Å². The Labute approximate surface area is 163 Å². The maximum absolute atomic E-state index is 13.2. The molecule has 3 rings (SSSR count). The molecule has 1 amide bonds. The van der Waals surface area contributed by atoms with E-state index < -0.39 is 29.1 Å². The Bertz CT molecular complexity index is 1070. The van der Waals surface area contributed by atoms with E-state index in [9.17, 15) is 22.8 Å². The second kappa shape index (κ2) is 7.27. The predicted molar refractivity (Wildman–Crippen MR) is 99.5 cm³/mol. The summed E-state index contributed by atoms with van der Waals surface area (Å²) in [6.07, 6.45) is -1.72. The molecule has 0 aliphatic rings. The zero-order chi connectivity index (χ0) is 20.6. The van der Waals surface area contributed by atoms with Crippen LogP contribution in [-0.4, -0.2) is 21.2 Å². The quantitative estimate of drug-likeness (QED) is 0.481. The molecule has 3 aromatic rings. The first-order valence-electron chi connectivity index (χ1n) is 8.28. The summed E-state index contributed by atoms with van der Waals surface area (Å²) in [5.74, 6) is -2.20. The minimum absolute atomic E-state index is 0.0394. The monoisotopic (exact) mass is 409 g/mol. The zero-order valence-corrected chi connectivity index (χ0v) is 15.6. The van der Waals surface area contributed by atoms with Crippen molar-refractivity contribution in [3.8, 4) is 0 Å². The number of anilines is 1. The Kier molecular flexibility index (Phi) is 5.16. The molecule has 2 heterocycles. The minimum atomic E-state index is -4.74. The number of alkyl halides is 3. The van der Waals surface area contributed by atoms with E-state index in [1.54, 1.807) is 22.9 Å². The first kappa shape index (κ1) is 19.9. The number of ketones is 1. The van der Waals surface area contributed by atoms with E-state index in [4.69, 9.17) is 11.6 Å². The number of fused-ring (bicyclic) bond motifs is 1. The number of nitrogens with one attached hydrogen (secondary N) is 1. The van der Waals surface area contributed by atoms with Gasteiger partial charge in [-0.15, -0.1) is 0 Å². The fourth-order valence-corrected chi connectivity index (χ4v) is 3.06. The van der Waals surface area contributed by atoms with Crippen molar-refractivity contribution in [1.82, 2.24) is 9.55 Å². The number of Topliss-reactive ketones (excluding diaryl/α,β-unsaturated/α-hetero) is 1. The molecule has 0 saturated heterocycles. The van der Waals surface area contributed by atoms with Crippen LogP contribution in [-0.2, 0) is 11.0 Å². The molecule has 0 aliphatic heterocycles. The lowest BCUT2D eigenvalue weighted by Gasteiger charge is -2.14. The second-order valence-electron chi connectivity index (χ2n) is 6.36. The lowest BCUT2D eigenvalue weighted by Crippen LogP contribution is -2.24. The molecule has 5 nitrogen and oxygen atoms in total. The van der Waals surface area contributed by atoms with Crippen LogP contribution in [0.15, 0.2) is 42.7 Å². The summed E-state index contributed by atoms with van der Waals surface area (Å²) in [4.78, 5) is 29.4. The van der Waals surface area contributed by atoms with Crippen LogP contribution in [0.25, 0.3) is 11.0 Å². The molecule has 9 heteroatoms. The van der Waals surface area contributed by atoms with Gasteiger partial charge in [-0.2, -0.15) is 13.2 Å². The van der Waals surface area contributed by atoms with Gasteiger partial charge in [-0.05, 0) is 38.1 Å². The van der Waals surface area contributed by atoms with Gasteiger partial charge in [0.15, 0.2) is 0 Å². The van der Waals surface area contributed by atoms with E-state index in [0.29, 0.717) is 11.0 Å².